The third-order valence-corrected chi connectivity index (χ3v) is 4.90. The molecule has 0 radical (unpaired) electrons. The van der Waals surface area contributed by atoms with Crippen molar-refractivity contribution in [2.24, 2.45) is 17.8 Å². The molecule has 0 aliphatic carbocycles. The van der Waals surface area contributed by atoms with E-state index in [1.165, 1.54) is 6.07 Å². The summed E-state index contributed by atoms with van der Waals surface area (Å²) in [7, 11) is 0. The molecule has 2 atom stereocenters. The van der Waals surface area contributed by atoms with Gasteiger partial charge in [-0.2, -0.15) is 0 Å². The molecule has 0 saturated carbocycles. The fourth-order valence-corrected chi connectivity index (χ4v) is 3.16. The maximum atomic E-state index is 13.6. The quantitative estimate of drug-likeness (QED) is 0.755. The van der Waals surface area contributed by atoms with Crippen LogP contribution >= 0.6 is 0 Å². The predicted octanol–water partition coefficient (Wildman–Crippen LogP) is 2.64. The number of carbonyl (C=O) groups is 2. The minimum atomic E-state index is -0.883. The minimum Gasteiger partial charge on any atom is -0.481 e. The number of benzene rings is 1. The van der Waals surface area contributed by atoms with Crippen molar-refractivity contribution in [2.75, 3.05) is 19.8 Å². The van der Waals surface area contributed by atoms with Crippen LogP contribution in [-0.4, -0.2) is 36.7 Å². The number of hydrogen-bond acceptors (Lipinski definition) is 3. The fourth-order valence-electron chi connectivity index (χ4n) is 3.16. The molecule has 5 nitrogen and oxygen atoms in total. The summed E-state index contributed by atoms with van der Waals surface area (Å²) in [6, 6.07) is 6.53. The predicted molar refractivity (Wildman–Crippen MR) is 91.6 cm³/mol. The van der Waals surface area contributed by atoms with Gasteiger partial charge in [0.2, 0.25) is 5.91 Å². The van der Waals surface area contributed by atoms with Crippen molar-refractivity contribution in [1.82, 2.24) is 5.32 Å². The van der Waals surface area contributed by atoms with Crippen LogP contribution in [0.25, 0.3) is 0 Å². The normalized spacial score (nSPS) is 17.7. The van der Waals surface area contributed by atoms with Crippen LogP contribution in [0, 0.1) is 23.6 Å². The number of nitrogens with one attached hydrogen (secondary N) is 1. The van der Waals surface area contributed by atoms with Crippen molar-refractivity contribution in [3.63, 3.8) is 0 Å². The molecule has 1 saturated heterocycles. The lowest BCUT2D eigenvalue weighted by atomic mass is 9.86. The van der Waals surface area contributed by atoms with Crippen LogP contribution in [0.4, 0.5) is 4.39 Å². The lowest BCUT2D eigenvalue weighted by Gasteiger charge is -2.28. The number of carboxylic acid groups (broad SMARTS) is 1. The van der Waals surface area contributed by atoms with Crippen LogP contribution in [0.5, 0.6) is 0 Å². The highest BCUT2D eigenvalue weighted by Crippen LogP contribution is 2.24. The number of aliphatic carboxylic acids is 1. The Kier molecular flexibility index (Phi) is 7.37. The number of aryl methyl sites for hydroxylation is 1. The van der Waals surface area contributed by atoms with Crippen LogP contribution in [0.1, 0.15) is 31.7 Å². The van der Waals surface area contributed by atoms with Crippen LogP contribution < -0.4 is 5.32 Å². The third-order valence-electron chi connectivity index (χ3n) is 4.90. The van der Waals surface area contributed by atoms with Crippen molar-refractivity contribution in [1.29, 1.82) is 0 Å². The average molecular weight is 351 g/mol. The summed E-state index contributed by atoms with van der Waals surface area (Å²) in [4.78, 5) is 23.7. The SMILES string of the molecule is CC(CCc1ccccc1F)C(=O)NCC(C(=O)O)C1CCOCC1. The summed E-state index contributed by atoms with van der Waals surface area (Å²) in [5, 5.41) is 12.2. The topological polar surface area (TPSA) is 75.6 Å². The summed E-state index contributed by atoms with van der Waals surface area (Å²) >= 11 is 0. The Morgan fingerprint density at radius 3 is 2.64 bits per heavy atom. The van der Waals surface area contributed by atoms with Crippen molar-refractivity contribution < 1.29 is 23.8 Å². The number of carboxylic acids is 1. The molecule has 6 heteroatoms. The van der Waals surface area contributed by atoms with Crippen LogP contribution in [0.3, 0.4) is 0 Å². The van der Waals surface area contributed by atoms with E-state index >= 15 is 0 Å². The van der Waals surface area contributed by atoms with Crippen LogP contribution in [0.15, 0.2) is 24.3 Å². The monoisotopic (exact) mass is 351 g/mol. The molecule has 0 aromatic heterocycles. The van der Waals surface area contributed by atoms with Crippen LogP contribution in [-0.2, 0) is 20.7 Å². The van der Waals surface area contributed by atoms with E-state index in [9.17, 15) is 19.1 Å². The van der Waals surface area contributed by atoms with Gasteiger partial charge >= 0.3 is 5.97 Å². The molecule has 1 aliphatic rings. The largest absolute Gasteiger partial charge is 0.481 e. The van der Waals surface area contributed by atoms with Crippen molar-refractivity contribution in [3.8, 4) is 0 Å². The Hall–Kier alpha value is -1.95. The summed E-state index contributed by atoms with van der Waals surface area (Å²) < 4.78 is 18.9. The van der Waals surface area contributed by atoms with E-state index in [0.717, 1.165) is 0 Å². The fraction of sp³-hybridized carbons (Fsp3) is 0.579. The Morgan fingerprint density at radius 1 is 1.32 bits per heavy atom. The highest BCUT2D eigenvalue weighted by Gasteiger charge is 2.30. The molecule has 2 unspecified atom stereocenters. The van der Waals surface area contributed by atoms with Crippen molar-refractivity contribution >= 4 is 11.9 Å². The first-order chi connectivity index (χ1) is 12.0. The number of halogens is 1. The van der Waals surface area contributed by atoms with E-state index in [4.69, 9.17) is 4.74 Å². The lowest BCUT2D eigenvalue weighted by Crippen LogP contribution is -2.40. The Balaban J connectivity index is 1.81. The van der Waals surface area contributed by atoms with Gasteiger partial charge in [0, 0.05) is 25.7 Å². The first kappa shape index (κ1) is 19.4. The number of ether oxygens (including phenoxy) is 1. The van der Waals surface area contributed by atoms with Gasteiger partial charge in [-0.1, -0.05) is 25.1 Å². The zero-order valence-electron chi connectivity index (χ0n) is 14.5. The van der Waals surface area contributed by atoms with Crippen molar-refractivity contribution in [2.45, 2.75) is 32.6 Å². The van der Waals surface area contributed by atoms with E-state index in [2.05, 4.69) is 5.32 Å². The van der Waals surface area contributed by atoms with Crippen LogP contribution in [0.2, 0.25) is 0 Å². The molecular weight excluding hydrogens is 325 g/mol. The Labute approximate surface area is 147 Å². The highest BCUT2D eigenvalue weighted by molar-refractivity contribution is 5.79. The highest BCUT2D eigenvalue weighted by atomic mass is 19.1. The Morgan fingerprint density at radius 2 is 2.00 bits per heavy atom. The van der Waals surface area contributed by atoms with Gasteiger partial charge in [-0.15, -0.1) is 0 Å². The molecule has 2 N–H and O–H groups in total. The van der Waals surface area contributed by atoms with E-state index in [1.54, 1.807) is 25.1 Å². The second kappa shape index (κ2) is 9.51. The maximum absolute atomic E-state index is 13.6. The molecule has 1 fully saturated rings. The molecule has 1 amide bonds. The lowest BCUT2D eigenvalue weighted by molar-refractivity contribution is -0.145. The summed E-state index contributed by atoms with van der Waals surface area (Å²) in [5.74, 6) is -2.20. The number of carbonyl (C=O) groups excluding carboxylic acids is 1. The standard InChI is InChI=1S/C19H26FNO4/c1-13(6-7-15-4-2-3-5-17(15)20)18(22)21-12-16(19(23)24)14-8-10-25-11-9-14/h2-5,13-14,16H,6-12H2,1H3,(H,21,22)(H,23,24). The molecule has 1 heterocycles. The molecule has 1 aromatic carbocycles. The number of hydrogen-bond donors (Lipinski definition) is 2. The Bertz CT molecular complexity index is 587. The van der Waals surface area contributed by atoms with Gasteiger partial charge in [0.15, 0.2) is 0 Å². The molecule has 1 aliphatic heterocycles. The first-order valence-electron chi connectivity index (χ1n) is 8.80. The van der Waals surface area contributed by atoms with Gasteiger partial charge in [-0.3, -0.25) is 9.59 Å². The van der Waals surface area contributed by atoms with E-state index in [0.29, 0.717) is 44.5 Å². The van der Waals surface area contributed by atoms with Gasteiger partial charge < -0.3 is 15.2 Å². The smallest absolute Gasteiger partial charge is 0.308 e. The maximum Gasteiger partial charge on any atom is 0.308 e. The summed E-state index contributed by atoms with van der Waals surface area (Å²) in [5.41, 5.74) is 0.591. The second-order valence-electron chi connectivity index (χ2n) is 6.67. The average Bonchev–Trinajstić information content (AvgIpc) is 2.61. The third kappa shape index (κ3) is 5.81. The zero-order chi connectivity index (χ0) is 18.2. The summed E-state index contributed by atoms with van der Waals surface area (Å²) in [6.45, 7) is 3.05. The van der Waals surface area contributed by atoms with Crippen molar-refractivity contribution in [3.05, 3.63) is 35.6 Å². The number of amides is 1. The number of rotatable bonds is 8. The molecule has 1 aromatic rings. The molecule has 138 valence electrons. The van der Waals surface area contributed by atoms with Gasteiger partial charge in [-0.05, 0) is 43.2 Å². The van der Waals surface area contributed by atoms with Gasteiger partial charge in [-0.25, -0.2) is 4.39 Å². The molecule has 2 rings (SSSR count). The van der Waals surface area contributed by atoms with E-state index in [-0.39, 0.29) is 30.1 Å². The van der Waals surface area contributed by atoms with Gasteiger partial charge in [0.1, 0.15) is 5.82 Å². The minimum absolute atomic E-state index is 0.0280. The molecule has 25 heavy (non-hydrogen) atoms. The summed E-state index contributed by atoms with van der Waals surface area (Å²) in [6.07, 6.45) is 2.40. The molecule has 0 bridgehead atoms. The molecular formula is C19H26FNO4. The van der Waals surface area contributed by atoms with E-state index < -0.39 is 11.9 Å². The van der Waals surface area contributed by atoms with Gasteiger partial charge in [0.25, 0.3) is 0 Å². The zero-order valence-corrected chi connectivity index (χ0v) is 14.5. The second-order valence-corrected chi connectivity index (χ2v) is 6.67. The molecule has 0 spiro atoms. The first-order valence-corrected chi connectivity index (χ1v) is 8.80. The van der Waals surface area contributed by atoms with E-state index in [1.807, 2.05) is 0 Å². The van der Waals surface area contributed by atoms with Gasteiger partial charge in [0.05, 0.1) is 5.92 Å².